The number of nitrogens with zero attached hydrogens (tertiary/aromatic N) is 2. The van der Waals surface area contributed by atoms with Crippen LogP contribution in [0.3, 0.4) is 0 Å². The van der Waals surface area contributed by atoms with E-state index in [1.807, 2.05) is 7.05 Å². The molecule has 2 atom stereocenters. The molecule has 1 saturated heterocycles. The monoisotopic (exact) mass is 213 g/mol. The lowest BCUT2D eigenvalue weighted by molar-refractivity contribution is 0.161. The third kappa shape index (κ3) is 3.44. The molecular formula is C12H27N3. The summed E-state index contributed by atoms with van der Waals surface area (Å²) in [6.45, 7) is 10.5. The number of rotatable bonds is 3. The van der Waals surface area contributed by atoms with E-state index in [1.54, 1.807) is 0 Å². The highest BCUT2D eigenvalue weighted by molar-refractivity contribution is 4.84. The fraction of sp³-hybridized carbons (Fsp3) is 1.00. The predicted octanol–water partition coefficient (Wildman–Crippen LogP) is 1.01. The van der Waals surface area contributed by atoms with E-state index < -0.39 is 0 Å². The molecule has 15 heavy (non-hydrogen) atoms. The molecule has 90 valence electrons. The quantitative estimate of drug-likeness (QED) is 0.755. The molecule has 1 aliphatic heterocycles. The molecule has 2 unspecified atom stereocenters. The standard InChI is InChI=1S/C12H27N3/c1-10(2)15-7-6-11(3)14(5)12(9-15)8-13-4/h10-13H,6-9H2,1-5H3. The summed E-state index contributed by atoms with van der Waals surface area (Å²) >= 11 is 0. The van der Waals surface area contributed by atoms with Crippen molar-refractivity contribution >= 4 is 0 Å². The van der Waals surface area contributed by atoms with Crippen LogP contribution in [0.5, 0.6) is 0 Å². The van der Waals surface area contributed by atoms with Gasteiger partial charge in [0.2, 0.25) is 0 Å². The Balaban J connectivity index is 2.64. The summed E-state index contributed by atoms with van der Waals surface area (Å²) in [5.74, 6) is 0. The van der Waals surface area contributed by atoms with E-state index >= 15 is 0 Å². The van der Waals surface area contributed by atoms with Crippen LogP contribution in [0.2, 0.25) is 0 Å². The first-order chi connectivity index (χ1) is 7.06. The summed E-state index contributed by atoms with van der Waals surface area (Å²) in [6.07, 6.45) is 1.29. The summed E-state index contributed by atoms with van der Waals surface area (Å²) in [4.78, 5) is 5.13. The lowest BCUT2D eigenvalue weighted by Gasteiger charge is -2.32. The van der Waals surface area contributed by atoms with E-state index in [1.165, 1.54) is 19.5 Å². The molecule has 1 fully saturated rings. The number of hydrogen-bond donors (Lipinski definition) is 1. The highest BCUT2D eigenvalue weighted by Gasteiger charge is 2.26. The van der Waals surface area contributed by atoms with Crippen molar-refractivity contribution in [2.24, 2.45) is 0 Å². The van der Waals surface area contributed by atoms with Crippen LogP contribution in [0.4, 0.5) is 0 Å². The van der Waals surface area contributed by atoms with Crippen LogP contribution in [0.1, 0.15) is 27.2 Å². The van der Waals surface area contributed by atoms with E-state index in [-0.39, 0.29) is 0 Å². The highest BCUT2D eigenvalue weighted by atomic mass is 15.3. The second-order valence-electron chi connectivity index (χ2n) is 5.10. The SMILES string of the molecule is CNCC1CN(C(C)C)CCC(C)N1C. The molecule has 0 aromatic carbocycles. The molecule has 0 saturated carbocycles. The van der Waals surface area contributed by atoms with Gasteiger partial charge in [-0.25, -0.2) is 0 Å². The molecule has 0 aromatic rings. The average molecular weight is 213 g/mol. The van der Waals surface area contributed by atoms with Crippen molar-refractivity contribution < 1.29 is 0 Å². The number of nitrogens with one attached hydrogen (secondary N) is 1. The van der Waals surface area contributed by atoms with E-state index in [0.717, 1.165) is 6.54 Å². The Labute approximate surface area is 94.8 Å². The molecule has 1 rings (SSSR count). The van der Waals surface area contributed by atoms with Gasteiger partial charge < -0.3 is 5.32 Å². The number of likely N-dealkylation sites (N-methyl/N-ethyl adjacent to an activating group) is 2. The van der Waals surface area contributed by atoms with Gasteiger partial charge in [0.05, 0.1) is 0 Å². The second-order valence-corrected chi connectivity index (χ2v) is 5.10. The topological polar surface area (TPSA) is 18.5 Å². The lowest BCUT2D eigenvalue weighted by Crippen LogP contribution is -2.47. The Bertz CT molecular complexity index is 182. The first kappa shape index (κ1) is 12.9. The van der Waals surface area contributed by atoms with Crippen LogP contribution in [0.15, 0.2) is 0 Å². The minimum Gasteiger partial charge on any atom is -0.318 e. The maximum atomic E-state index is 3.31. The van der Waals surface area contributed by atoms with Crippen molar-refractivity contribution in [3.8, 4) is 0 Å². The Morgan fingerprint density at radius 3 is 2.60 bits per heavy atom. The maximum Gasteiger partial charge on any atom is 0.0347 e. The molecule has 3 heteroatoms. The van der Waals surface area contributed by atoms with Crippen LogP contribution in [0.25, 0.3) is 0 Å². The van der Waals surface area contributed by atoms with Crippen molar-refractivity contribution in [3.05, 3.63) is 0 Å². The maximum absolute atomic E-state index is 3.31. The van der Waals surface area contributed by atoms with Gasteiger partial charge in [-0.05, 0) is 47.8 Å². The fourth-order valence-electron chi connectivity index (χ4n) is 2.32. The average Bonchev–Trinajstić information content (AvgIpc) is 2.32. The van der Waals surface area contributed by atoms with Crippen LogP contribution in [0, 0.1) is 0 Å². The van der Waals surface area contributed by atoms with Crippen molar-refractivity contribution in [2.75, 3.05) is 33.7 Å². The smallest absolute Gasteiger partial charge is 0.0347 e. The Hall–Kier alpha value is -0.120. The normalized spacial score (nSPS) is 30.8. The van der Waals surface area contributed by atoms with E-state index in [0.29, 0.717) is 18.1 Å². The summed E-state index contributed by atoms with van der Waals surface area (Å²) in [5.41, 5.74) is 0. The van der Waals surface area contributed by atoms with Gasteiger partial charge in [-0.2, -0.15) is 0 Å². The summed E-state index contributed by atoms with van der Waals surface area (Å²) in [5, 5.41) is 3.31. The van der Waals surface area contributed by atoms with Crippen LogP contribution < -0.4 is 5.32 Å². The minimum absolute atomic E-state index is 0.648. The van der Waals surface area contributed by atoms with Gasteiger partial charge in [0.15, 0.2) is 0 Å². The number of hydrogen-bond acceptors (Lipinski definition) is 3. The fourth-order valence-corrected chi connectivity index (χ4v) is 2.32. The van der Waals surface area contributed by atoms with Gasteiger partial charge in [0.25, 0.3) is 0 Å². The summed E-state index contributed by atoms with van der Waals surface area (Å²) in [7, 11) is 4.31. The molecule has 0 aromatic heterocycles. The van der Waals surface area contributed by atoms with Gasteiger partial charge in [-0.1, -0.05) is 0 Å². The van der Waals surface area contributed by atoms with Crippen molar-refractivity contribution in [1.29, 1.82) is 0 Å². The van der Waals surface area contributed by atoms with Crippen molar-refractivity contribution in [3.63, 3.8) is 0 Å². The van der Waals surface area contributed by atoms with Gasteiger partial charge >= 0.3 is 0 Å². The molecule has 0 aliphatic carbocycles. The largest absolute Gasteiger partial charge is 0.318 e. The van der Waals surface area contributed by atoms with Gasteiger partial charge in [-0.15, -0.1) is 0 Å². The van der Waals surface area contributed by atoms with Crippen LogP contribution >= 0.6 is 0 Å². The third-order valence-corrected chi connectivity index (χ3v) is 3.72. The zero-order valence-corrected chi connectivity index (χ0v) is 11.0. The molecule has 1 aliphatic rings. The molecule has 1 N–H and O–H groups in total. The van der Waals surface area contributed by atoms with Crippen LogP contribution in [-0.4, -0.2) is 61.7 Å². The molecule has 0 amide bonds. The van der Waals surface area contributed by atoms with E-state index in [4.69, 9.17) is 0 Å². The van der Waals surface area contributed by atoms with Gasteiger partial charge in [0, 0.05) is 31.2 Å². The highest BCUT2D eigenvalue weighted by Crippen LogP contribution is 2.15. The van der Waals surface area contributed by atoms with E-state index in [9.17, 15) is 0 Å². The predicted molar refractivity (Wildman–Crippen MR) is 66.3 cm³/mol. The Kier molecular flexibility index (Phi) is 5.03. The molecule has 0 spiro atoms. The molecule has 1 heterocycles. The molecule has 3 nitrogen and oxygen atoms in total. The molecule has 0 bridgehead atoms. The second kappa shape index (κ2) is 5.83. The van der Waals surface area contributed by atoms with Crippen LogP contribution in [-0.2, 0) is 0 Å². The lowest BCUT2D eigenvalue weighted by atomic mass is 10.2. The van der Waals surface area contributed by atoms with Crippen molar-refractivity contribution in [2.45, 2.75) is 45.3 Å². The van der Waals surface area contributed by atoms with Gasteiger partial charge in [0.1, 0.15) is 0 Å². The zero-order chi connectivity index (χ0) is 11.4. The summed E-state index contributed by atoms with van der Waals surface area (Å²) in [6, 6.07) is 2.02. The molecule has 0 radical (unpaired) electrons. The minimum atomic E-state index is 0.648. The molecular weight excluding hydrogens is 186 g/mol. The van der Waals surface area contributed by atoms with E-state index in [2.05, 4.69) is 42.9 Å². The first-order valence-corrected chi connectivity index (χ1v) is 6.16. The van der Waals surface area contributed by atoms with Gasteiger partial charge in [-0.3, -0.25) is 9.80 Å². The third-order valence-electron chi connectivity index (χ3n) is 3.72. The van der Waals surface area contributed by atoms with Crippen molar-refractivity contribution in [1.82, 2.24) is 15.1 Å². The summed E-state index contributed by atoms with van der Waals surface area (Å²) < 4.78 is 0. The Morgan fingerprint density at radius 1 is 1.40 bits per heavy atom. The Morgan fingerprint density at radius 2 is 2.07 bits per heavy atom. The first-order valence-electron chi connectivity index (χ1n) is 6.16. The zero-order valence-electron chi connectivity index (χ0n) is 11.0.